The minimum atomic E-state index is 0.0485. The molecule has 4 nitrogen and oxygen atoms in total. The van der Waals surface area contributed by atoms with Gasteiger partial charge < -0.3 is 0 Å². The Balaban J connectivity index is 1.61. The maximum Gasteiger partial charge on any atom is 0.238 e. The van der Waals surface area contributed by atoms with Crippen LogP contribution in [0, 0.1) is 0 Å². The summed E-state index contributed by atoms with van der Waals surface area (Å²) in [7, 11) is 0. The van der Waals surface area contributed by atoms with Crippen LogP contribution in [0.1, 0.15) is 12.5 Å². The molecule has 0 saturated carbocycles. The van der Waals surface area contributed by atoms with Crippen LogP contribution >= 0.6 is 11.6 Å². The lowest BCUT2D eigenvalue weighted by Gasteiger charge is -2.40. The normalized spacial score (nSPS) is 16.1. The van der Waals surface area contributed by atoms with Gasteiger partial charge in [0.1, 0.15) is 0 Å². The first-order valence-electron chi connectivity index (χ1n) is 8.21. The van der Waals surface area contributed by atoms with Crippen LogP contribution in [0.15, 0.2) is 54.6 Å². The standard InChI is InChI=1S/C19H22ClN3O/c1-16(24)23(19-5-3-2-4-6-19)22-13-11-21(12-14-22)15-17-7-9-18(20)10-8-17/h2-10H,11-15H2,1H3. The lowest BCUT2D eigenvalue weighted by Crippen LogP contribution is -2.55. The van der Waals surface area contributed by atoms with Crippen molar-refractivity contribution < 1.29 is 4.79 Å². The first-order valence-corrected chi connectivity index (χ1v) is 8.59. The van der Waals surface area contributed by atoms with Crippen LogP contribution in [-0.2, 0) is 11.3 Å². The summed E-state index contributed by atoms with van der Waals surface area (Å²) < 4.78 is 0. The van der Waals surface area contributed by atoms with Crippen LogP contribution in [0.5, 0.6) is 0 Å². The number of rotatable bonds is 4. The van der Waals surface area contributed by atoms with Gasteiger partial charge in [-0.05, 0) is 29.8 Å². The Morgan fingerprint density at radius 1 is 1.00 bits per heavy atom. The summed E-state index contributed by atoms with van der Waals surface area (Å²) in [5.41, 5.74) is 2.19. The van der Waals surface area contributed by atoms with Gasteiger partial charge >= 0.3 is 0 Å². The van der Waals surface area contributed by atoms with Gasteiger partial charge in [0.2, 0.25) is 5.91 Å². The molecule has 2 aromatic carbocycles. The summed E-state index contributed by atoms with van der Waals surface area (Å²) in [6, 6.07) is 17.8. The third kappa shape index (κ3) is 4.15. The number of carbonyl (C=O) groups is 1. The summed E-state index contributed by atoms with van der Waals surface area (Å²) in [6.45, 7) is 6.06. The maximum absolute atomic E-state index is 12.1. The van der Waals surface area contributed by atoms with E-state index in [1.165, 1.54) is 5.56 Å². The van der Waals surface area contributed by atoms with Gasteiger partial charge in [-0.15, -0.1) is 0 Å². The molecular weight excluding hydrogens is 322 g/mol. The van der Waals surface area contributed by atoms with E-state index in [1.54, 1.807) is 11.9 Å². The van der Waals surface area contributed by atoms with Crippen molar-refractivity contribution in [2.45, 2.75) is 13.5 Å². The Morgan fingerprint density at radius 3 is 2.21 bits per heavy atom. The number of piperazine rings is 1. The van der Waals surface area contributed by atoms with Crippen molar-refractivity contribution in [2.75, 3.05) is 31.2 Å². The molecule has 1 aliphatic heterocycles. The van der Waals surface area contributed by atoms with E-state index < -0.39 is 0 Å². The topological polar surface area (TPSA) is 26.8 Å². The second-order valence-electron chi connectivity index (χ2n) is 6.02. The summed E-state index contributed by atoms with van der Waals surface area (Å²) in [4.78, 5) is 14.5. The molecule has 0 radical (unpaired) electrons. The van der Waals surface area contributed by atoms with Crippen LogP contribution in [0.4, 0.5) is 5.69 Å². The first-order chi connectivity index (χ1) is 11.6. The number of hydrogen-bond acceptors (Lipinski definition) is 3. The summed E-state index contributed by atoms with van der Waals surface area (Å²) in [5, 5.41) is 4.69. The largest absolute Gasteiger partial charge is 0.296 e. The number of amides is 1. The highest BCUT2D eigenvalue weighted by Gasteiger charge is 2.25. The molecule has 0 aliphatic carbocycles. The average Bonchev–Trinajstić information content (AvgIpc) is 2.59. The average molecular weight is 344 g/mol. The van der Waals surface area contributed by atoms with Crippen LogP contribution in [0.2, 0.25) is 5.02 Å². The number of nitrogens with zero attached hydrogens (tertiary/aromatic N) is 3. The molecule has 1 aliphatic rings. The summed E-state index contributed by atoms with van der Waals surface area (Å²) >= 11 is 5.94. The van der Waals surface area contributed by atoms with Crippen LogP contribution in [-0.4, -0.2) is 42.0 Å². The fourth-order valence-electron chi connectivity index (χ4n) is 3.06. The second kappa shape index (κ2) is 7.79. The van der Waals surface area contributed by atoms with E-state index in [-0.39, 0.29) is 5.91 Å². The third-order valence-electron chi connectivity index (χ3n) is 4.25. The van der Waals surface area contributed by atoms with E-state index in [2.05, 4.69) is 22.0 Å². The minimum Gasteiger partial charge on any atom is -0.296 e. The molecular formula is C19H22ClN3O. The smallest absolute Gasteiger partial charge is 0.238 e. The maximum atomic E-state index is 12.1. The van der Waals surface area contributed by atoms with Gasteiger partial charge in [-0.25, -0.2) is 10.0 Å². The fourth-order valence-corrected chi connectivity index (χ4v) is 3.18. The number of hydrazine groups is 1. The van der Waals surface area contributed by atoms with Gasteiger partial charge in [-0.1, -0.05) is 41.9 Å². The lowest BCUT2D eigenvalue weighted by molar-refractivity contribution is -0.120. The van der Waals surface area contributed by atoms with Gasteiger partial charge in [0, 0.05) is 44.7 Å². The number of hydrogen-bond donors (Lipinski definition) is 0. The number of benzene rings is 2. The molecule has 0 bridgehead atoms. The lowest BCUT2D eigenvalue weighted by atomic mass is 10.2. The molecule has 1 saturated heterocycles. The van der Waals surface area contributed by atoms with Crippen molar-refractivity contribution in [1.29, 1.82) is 0 Å². The Bertz CT molecular complexity index is 667. The van der Waals surface area contributed by atoms with Gasteiger partial charge in [0.05, 0.1) is 5.69 Å². The second-order valence-corrected chi connectivity index (χ2v) is 6.46. The molecule has 1 heterocycles. The number of para-hydroxylation sites is 1. The molecule has 0 aromatic heterocycles. The zero-order chi connectivity index (χ0) is 16.9. The molecule has 0 unspecified atom stereocenters. The van der Waals surface area contributed by atoms with Crippen molar-refractivity contribution in [1.82, 2.24) is 9.91 Å². The van der Waals surface area contributed by atoms with Gasteiger partial charge in [-0.3, -0.25) is 9.69 Å². The highest BCUT2D eigenvalue weighted by Crippen LogP contribution is 2.19. The Labute approximate surface area is 148 Å². The number of halogens is 1. The van der Waals surface area contributed by atoms with E-state index in [9.17, 15) is 4.79 Å². The summed E-state index contributed by atoms with van der Waals surface area (Å²) in [6.07, 6.45) is 0. The highest BCUT2D eigenvalue weighted by molar-refractivity contribution is 6.30. The zero-order valence-electron chi connectivity index (χ0n) is 13.9. The predicted molar refractivity (Wildman–Crippen MR) is 97.9 cm³/mol. The molecule has 0 spiro atoms. The van der Waals surface area contributed by atoms with Crippen molar-refractivity contribution in [3.63, 3.8) is 0 Å². The van der Waals surface area contributed by atoms with Crippen molar-refractivity contribution >= 4 is 23.2 Å². The van der Waals surface area contributed by atoms with Gasteiger partial charge in [0.25, 0.3) is 0 Å². The zero-order valence-corrected chi connectivity index (χ0v) is 14.6. The molecule has 1 amide bonds. The predicted octanol–water partition coefficient (Wildman–Crippen LogP) is 3.43. The molecule has 5 heteroatoms. The molecule has 126 valence electrons. The van der Waals surface area contributed by atoms with E-state index in [0.29, 0.717) is 0 Å². The molecule has 0 atom stereocenters. The number of carbonyl (C=O) groups excluding carboxylic acids is 1. The van der Waals surface area contributed by atoms with E-state index in [0.717, 1.165) is 43.4 Å². The van der Waals surface area contributed by atoms with Gasteiger partial charge in [-0.2, -0.15) is 0 Å². The van der Waals surface area contributed by atoms with Crippen molar-refractivity contribution in [3.05, 3.63) is 65.2 Å². The third-order valence-corrected chi connectivity index (χ3v) is 4.50. The van der Waals surface area contributed by atoms with E-state index in [1.807, 2.05) is 42.5 Å². The minimum absolute atomic E-state index is 0.0485. The van der Waals surface area contributed by atoms with E-state index in [4.69, 9.17) is 11.6 Å². The molecule has 3 rings (SSSR count). The van der Waals surface area contributed by atoms with Crippen LogP contribution in [0.25, 0.3) is 0 Å². The quantitative estimate of drug-likeness (QED) is 0.851. The fraction of sp³-hybridized carbons (Fsp3) is 0.316. The van der Waals surface area contributed by atoms with Crippen molar-refractivity contribution in [2.24, 2.45) is 0 Å². The van der Waals surface area contributed by atoms with Crippen LogP contribution < -0.4 is 5.01 Å². The molecule has 0 N–H and O–H groups in total. The Kier molecular flexibility index (Phi) is 5.51. The summed E-state index contributed by atoms with van der Waals surface area (Å²) in [5.74, 6) is 0.0485. The van der Waals surface area contributed by atoms with Gasteiger partial charge in [0.15, 0.2) is 0 Å². The Morgan fingerprint density at radius 2 is 1.62 bits per heavy atom. The number of anilines is 1. The van der Waals surface area contributed by atoms with E-state index >= 15 is 0 Å². The monoisotopic (exact) mass is 343 g/mol. The SMILES string of the molecule is CC(=O)N(c1ccccc1)N1CCN(Cc2ccc(Cl)cc2)CC1. The molecule has 2 aromatic rings. The first kappa shape index (κ1) is 17.0. The van der Waals surface area contributed by atoms with Crippen molar-refractivity contribution in [3.8, 4) is 0 Å². The molecule has 24 heavy (non-hydrogen) atoms. The van der Waals surface area contributed by atoms with Crippen LogP contribution in [0.3, 0.4) is 0 Å². The highest BCUT2D eigenvalue weighted by atomic mass is 35.5. The molecule has 1 fully saturated rings. The Hall–Kier alpha value is -1.88.